The maximum atomic E-state index is 12.4. The van der Waals surface area contributed by atoms with Crippen molar-refractivity contribution >= 4 is 21.8 Å². The Hall–Kier alpha value is -0.560. The molecule has 0 bridgehead atoms. The van der Waals surface area contributed by atoms with Crippen LogP contribution in [0.1, 0.15) is 30.0 Å². The van der Waals surface area contributed by atoms with Gasteiger partial charge >= 0.3 is 0 Å². The number of hydrogen-bond acceptors (Lipinski definition) is 4. The standard InChI is InChI=1S/C15H25NO3S2/c1-11-8-13(3)14(9-12(11)2)21(18,19)16-10-15(4,17)6-7-20-5/h8-9,16-17H,6-7,10H2,1-5H3/t15-/m1/s1. The smallest absolute Gasteiger partial charge is 0.240 e. The van der Waals surface area contributed by atoms with Gasteiger partial charge < -0.3 is 5.11 Å². The molecule has 0 unspecified atom stereocenters. The van der Waals surface area contributed by atoms with Gasteiger partial charge in [-0.15, -0.1) is 0 Å². The van der Waals surface area contributed by atoms with Crippen molar-refractivity contribution in [3.8, 4) is 0 Å². The minimum Gasteiger partial charge on any atom is -0.389 e. The van der Waals surface area contributed by atoms with E-state index in [-0.39, 0.29) is 11.4 Å². The highest BCUT2D eigenvalue weighted by atomic mass is 32.2. The maximum absolute atomic E-state index is 12.4. The molecule has 1 aromatic rings. The van der Waals surface area contributed by atoms with Crippen LogP contribution in [0.3, 0.4) is 0 Å². The van der Waals surface area contributed by atoms with Crippen LogP contribution in [0.5, 0.6) is 0 Å². The molecule has 0 aliphatic carbocycles. The van der Waals surface area contributed by atoms with Gasteiger partial charge in [0.1, 0.15) is 0 Å². The molecule has 0 fully saturated rings. The van der Waals surface area contributed by atoms with E-state index in [1.54, 1.807) is 31.7 Å². The molecule has 0 saturated heterocycles. The molecule has 120 valence electrons. The van der Waals surface area contributed by atoms with Crippen molar-refractivity contribution in [3.05, 3.63) is 28.8 Å². The first-order valence-electron chi connectivity index (χ1n) is 6.88. The molecule has 0 aliphatic heterocycles. The van der Waals surface area contributed by atoms with Gasteiger partial charge in [-0.3, -0.25) is 0 Å². The van der Waals surface area contributed by atoms with Gasteiger partial charge in [0.25, 0.3) is 0 Å². The Morgan fingerprint density at radius 2 is 1.76 bits per heavy atom. The Bertz CT molecular complexity index is 595. The summed E-state index contributed by atoms with van der Waals surface area (Å²) in [7, 11) is -3.61. The lowest BCUT2D eigenvalue weighted by atomic mass is 10.1. The average molecular weight is 332 g/mol. The number of sulfonamides is 1. The SMILES string of the molecule is CSCC[C@@](C)(O)CNS(=O)(=O)c1cc(C)c(C)cc1C. The lowest BCUT2D eigenvalue weighted by Gasteiger charge is -2.23. The van der Waals surface area contributed by atoms with Gasteiger partial charge in [0.2, 0.25) is 10.0 Å². The van der Waals surface area contributed by atoms with E-state index in [1.165, 1.54) is 0 Å². The fourth-order valence-electron chi connectivity index (χ4n) is 1.96. The first-order valence-corrected chi connectivity index (χ1v) is 9.75. The molecular weight excluding hydrogens is 306 g/mol. The van der Waals surface area contributed by atoms with Gasteiger partial charge in [-0.1, -0.05) is 6.07 Å². The molecule has 4 nitrogen and oxygen atoms in total. The van der Waals surface area contributed by atoms with Gasteiger partial charge in [-0.05, 0) is 68.9 Å². The lowest BCUT2D eigenvalue weighted by molar-refractivity contribution is 0.0626. The lowest BCUT2D eigenvalue weighted by Crippen LogP contribution is -2.41. The van der Waals surface area contributed by atoms with Crippen molar-refractivity contribution in [1.29, 1.82) is 0 Å². The van der Waals surface area contributed by atoms with Gasteiger partial charge in [0, 0.05) is 6.54 Å². The summed E-state index contributed by atoms with van der Waals surface area (Å²) >= 11 is 1.63. The van der Waals surface area contributed by atoms with Crippen molar-refractivity contribution in [2.75, 3.05) is 18.6 Å². The minimum absolute atomic E-state index is 0.0161. The van der Waals surface area contributed by atoms with Crippen LogP contribution in [-0.2, 0) is 10.0 Å². The summed E-state index contributed by atoms with van der Waals surface area (Å²) in [5.74, 6) is 0.789. The third kappa shape index (κ3) is 5.29. The highest BCUT2D eigenvalue weighted by Gasteiger charge is 2.25. The number of thioether (sulfide) groups is 1. The Kier molecular flexibility index (Phi) is 6.28. The van der Waals surface area contributed by atoms with E-state index in [4.69, 9.17) is 0 Å². The van der Waals surface area contributed by atoms with E-state index in [2.05, 4.69) is 4.72 Å². The Morgan fingerprint density at radius 3 is 2.33 bits per heavy atom. The van der Waals surface area contributed by atoms with E-state index >= 15 is 0 Å². The van der Waals surface area contributed by atoms with Crippen LogP contribution in [0.25, 0.3) is 0 Å². The molecule has 0 aliphatic rings. The fraction of sp³-hybridized carbons (Fsp3) is 0.600. The second-order valence-corrected chi connectivity index (χ2v) is 8.49. The summed E-state index contributed by atoms with van der Waals surface area (Å²) in [6, 6.07) is 3.55. The van der Waals surface area contributed by atoms with Crippen LogP contribution in [0.2, 0.25) is 0 Å². The van der Waals surface area contributed by atoms with E-state index in [0.29, 0.717) is 12.0 Å². The number of aryl methyl sites for hydroxylation is 3. The summed E-state index contributed by atoms with van der Waals surface area (Å²) in [6.07, 6.45) is 2.50. The third-order valence-electron chi connectivity index (χ3n) is 3.57. The number of aliphatic hydroxyl groups is 1. The van der Waals surface area contributed by atoms with Crippen LogP contribution in [0, 0.1) is 20.8 Å². The molecular formula is C15H25NO3S2. The van der Waals surface area contributed by atoms with Gasteiger partial charge in [0.15, 0.2) is 0 Å². The molecule has 0 radical (unpaired) electrons. The minimum atomic E-state index is -3.61. The van der Waals surface area contributed by atoms with Crippen LogP contribution >= 0.6 is 11.8 Å². The van der Waals surface area contributed by atoms with Gasteiger partial charge in [-0.2, -0.15) is 11.8 Å². The number of hydrogen-bond donors (Lipinski definition) is 2. The summed E-state index contributed by atoms with van der Waals surface area (Å²) < 4.78 is 27.3. The predicted molar refractivity (Wildman–Crippen MR) is 89.5 cm³/mol. The van der Waals surface area contributed by atoms with Crippen LogP contribution < -0.4 is 4.72 Å². The zero-order valence-corrected chi connectivity index (χ0v) is 15.0. The monoisotopic (exact) mass is 331 g/mol. The summed E-state index contributed by atoms with van der Waals surface area (Å²) in [5, 5.41) is 10.2. The molecule has 0 amide bonds. The zero-order valence-electron chi connectivity index (χ0n) is 13.4. The number of benzene rings is 1. The first-order chi connectivity index (χ1) is 9.59. The van der Waals surface area contributed by atoms with E-state index in [9.17, 15) is 13.5 Å². The predicted octanol–water partition coefficient (Wildman–Crippen LogP) is 2.39. The normalized spacial score (nSPS) is 15.0. The highest BCUT2D eigenvalue weighted by Crippen LogP contribution is 2.20. The van der Waals surface area contributed by atoms with Crippen molar-refractivity contribution < 1.29 is 13.5 Å². The highest BCUT2D eigenvalue weighted by molar-refractivity contribution is 7.98. The summed E-state index contributed by atoms with van der Waals surface area (Å²) in [6.45, 7) is 7.30. The quantitative estimate of drug-likeness (QED) is 0.805. The maximum Gasteiger partial charge on any atom is 0.240 e. The van der Waals surface area contributed by atoms with E-state index < -0.39 is 15.6 Å². The van der Waals surface area contributed by atoms with Gasteiger partial charge in [0.05, 0.1) is 10.5 Å². The Balaban J connectivity index is 2.90. The van der Waals surface area contributed by atoms with Gasteiger partial charge in [-0.25, -0.2) is 13.1 Å². The van der Waals surface area contributed by atoms with Crippen molar-refractivity contribution in [2.24, 2.45) is 0 Å². The molecule has 0 aromatic heterocycles. The molecule has 1 aromatic carbocycles. The summed E-state index contributed by atoms with van der Waals surface area (Å²) in [5.41, 5.74) is 1.69. The molecule has 1 rings (SSSR count). The summed E-state index contributed by atoms with van der Waals surface area (Å²) in [4.78, 5) is 0.284. The Labute approximate surface area is 132 Å². The molecule has 6 heteroatoms. The van der Waals surface area contributed by atoms with Crippen LogP contribution in [0.4, 0.5) is 0 Å². The second kappa shape index (κ2) is 7.13. The first kappa shape index (κ1) is 18.5. The molecule has 0 saturated carbocycles. The molecule has 0 heterocycles. The number of rotatable bonds is 7. The second-order valence-electron chi connectivity index (χ2n) is 5.77. The van der Waals surface area contributed by atoms with Crippen LogP contribution in [0.15, 0.2) is 17.0 Å². The van der Waals surface area contributed by atoms with Crippen molar-refractivity contribution in [3.63, 3.8) is 0 Å². The Morgan fingerprint density at radius 1 is 1.19 bits per heavy atom. The van der Waals surface area contributed by atoms with E-state index in [1.807, 2.05) is 26.2 Å². The fourth-order valence-corrected chi connectivity index (χ4v) is 4.08. The molecule has 1 atom stereocenters. The number of nitrogens with one attached hydrogen (secondary N) is 1. The van der Waals surface area contributed by atoms with Crippen molar-refractivity contribution in [2.45, 2.75) is 44.6 Å². The molecule has 21 heavy (non-hydrogen) atoms. The van der Waals surface area contributed by atoms with Crippen LogP contribution in [-0.4, -0.2) is 37.7 Å². The molecule has 0 spiro atoms. The third-order valence-corrected chi connectivity index (χ3v) is 5.72. The average Bonchev–Trinajstić information content (AvgIpc) is 2.38. The molecule has 2 N–H and O–H groups in total. The van der Waals surface area contributed by atoms with Crippen molar-refractivity contribution in [1.82, 2.24) is 4.72 Å². The topological polar surface area (TPSA) is 66.4 Å². The van der Waals surface area contributed by atoms with E-state index in [0.717, 1.165) is 16.9 Å². The largest absolute Gasteiger partial charge is 0.389 e. The zero-order chi connectivity index (χ0) is 16.3.